The van der Waals surface area contributed by atoms with Gasteiger partial charge < -0.3 is 10.0 Å². The molecule has 1 heterocycles. The van der Waals surface area contributed by atoms with Crippen LogP contribution in [0, 0.1) is 0 Å². The zero-order valence-corrected chi connectivity index (χ0v) is 15.3. The SMILES string of the molecule is CN(CC[C@@H](O)c1ccccc1)C(=O)Nc1ccnn1C1CCCCC1. The summed E-state index contributed by atoms with van der Waals surface area (Å²) in [7, 11) is 1.74. The molecule has 0 spiro atoms. The maximum Gasteiger partial charge on any atom is 0.322 e. The van der Waals surface area contributed by atoms with Crippen LogP contribution in [-0.4, -0.2) is 39.4 Å². The Morgan fingerprint density at radius 3 is 2.73 bits per heavy atom. The van der Waals surface area contributed by atoms with Crippen LogP contribution < -0.4 is 5.32 Å². The molecule has 6 nitrogen and oxygen atoms in total. The number of anilines is 1. The summed E-state index contributed by atoms with van der Waals surface area (Å²) in [5.74, 6) is 0.748. The molecule has 1 aromatic heterocycles. The first-order valence-corrected chi connectivity index (χ1v) is 9.44. The Balaban J connectivity index is 1.52. The van der Waals surface area contributed by atoms with E-state index in [9.17, 15) is 9.90 Å². The minimum atomic E-state index is -0.570. The first-order valence-electron chi connectivity index (χ1n) is 9.44. The molecule has 140 valence electrons. The molecule has 2 aromatic rings. The molecule has 26 heavy (non-hydrogen) atoms. The van der Waals surface area contributed by atoms with Crippen LogP contribution in [0.5, 0.6) is 0 Å². The molecular formula is C20H28N4O2. The number of aromatic nitrogens is 2. The number of carbonyl (C=O) groups is 1. The maximum absolute atomic E-state index is 12.5. The van der Waals surface area contributed by atoms with E-state index < -0.39 is 6.10 Å². The lowest BCUT2D eigenvalue weighted by atomic mass is 9.96. The Kier molecular flexibility index (Phi) is 6.28. The Morgan fingerprint density at radius 1 is 1.27 bits per heavy atom. The highest BCUT2D eigenvalue weighted by molar-refractivity contribution is 5.88. The Morgan fingerprint density at radius 2 is 2.00 bits per heavy atom. The number of hydrogen-bond acceptors (Lipinski definition) is 3. The first kappa shape index (κ1) is 18.5. The van der Waals surface area contributed by atoms with Gasteiger partial charge in [-0.25, -0.2) is 9.48 Å². The highest BCUT2D eigenvalue weighted by Crippen LogP contribution is 2.30. The average molecular weight is 356 g/mol. The van der Waals surface area contributed by atoms with Crippen LogP contribution in [0.2, 0.25) is 0 Å². The number of amides is 2. The molecule has 3 rings (SSSR count). The number of hydrogen-bond donors (Lipinski definition) is 2. The summed E-state index contributed by atoms with van der Waals surface area (Å²) in [4.78, 5) is 14.1. The van der Waals surface area contributed by atoms with Crippen molar-refractivity contribution in [2.45, 2.75) is 50.7 Å². The normalized spacial score (nSPS) is 16.2. The summed E-state index contributed by atoms with van der Waals surface area (Å²) in [5, 5.41) is 17.6. The van der Waals surface area contributed by atoms with Crippen LogP contribution >= 0.6 is 0 Å². The lowest BCUT2D eigenvalue weighted by molar-refractivity contribution is 0.152. The number of rotatable bonds is 6. The second kappa shape index (κ2) is 8.85. The quantitative estimate of drug-likeness (QED) is 0.822. The molecule has 1 aliphatic rings. The summed E-state index contributed by atoms with van der Waals surface area (Å²) in [5.41, 5.74) is 0.872. The minimum absolute atomic E-state index is 0.178. The molecule has 2 amide bonds. The van der Waals surface area contributed by atoms with Crippen LogP contribution in [0.4, 0.5) is 10.6 Å². The van der Waals surface area contributed by atoms with E-state index in [2.05, 4.69) is 10.4 Å². The smallest absolute Gasteiger partial charge is 0.322 e. The third kappa shape index (κ3) is 4.64. The summed E-state index contributed by atoms with van der Waals surface area (Å²) in [6.45, 7) is 0.472. The van der Waals surface area contributed by atoms with Crippen LogP contribution in [0.3, 0.4) is 0 Å². The fourth-order valence-corrected chi connectivity index (χ4v) is 3.49. The van der Waals surface area contributed by atoms with E-state index in [4.69, 9.17) is 0 Å². The molecule has 0 aliphatic heterocycles. The summed E-state index contributed by atoms with van der Waals surface area (Å²) in [6, 6.07) is 11.6. The standard InChI is InChI=1S/C20H28N4O2/c1-23(15-13-18(25)16-8-4-2-5-9-16)20(26)22-19-12-14-21-24(19)17-10-6-3-7-11-17/h2,4-5,8-9,12,14,17-18,25H,3,6-7,10-11,13,15H2,1H3,(H,22,26)/t18-/m1/s1. The van der Waals surface area contributed by atoms with Gasteiger partial charge in [-0.05, 0) is 24.8 Å². The molecule has 1 aliphatic carbocycles. The number of aliphatic hydroxyl groups excluding tert-OH is 1. The fraction of sp³-hybridized carbons (Fsp3) is 0.500. The lowest BCUT2D eigenvalue weighted by Crippen LogP contribution is -2.34. The Bertz CT molecular complexity index is 695. The number of carbonyl (C=O) groups excluding carboxylic acids is 1. The number of nitrogens with one attached hydrogen (secondary N) is 1. The highest BCUT2D eigenvalue weighted by atomic mass is 16.3. The van der Waals surface area contributed by atoms with E-state index in [1.807, 2.05) is 41.1 Å². The molecule has 1 saturated carbocycles. The van der Waals surface area contributed by atoms with E-state index in [1.165, 1.54) is 19.3 Å². The van der Waals surface area contributed by atoms with Gasteiger partial charge in [0.1, 0.15) is 5.82 Å². The monoisotopic (exact) mass is 356 g/mol. The van der Waals surface area contributed by atoms with Gasteiger partial charge in [0, 0.05) is 19.7 Å². The third-order valence-corrected chi connectivity index (χ3v) is 5.09. The summed E-state index contributed by atoms with van der Waals surface area (Å²) in [6.07, 6.45) is 7.61. The number of nitrogens with zero attached hydrogens (tertiary/aromatic N) is 3. The molecule has 1 aromatic carbocycles. The van der Waals surface area contributed by atoms with Crippen molar-refractivity contribution in [1.29, 1.82) is 0 Å². The Labute approximate surface area is 154 Å². The van der Waals surface area contributed by atoms with Gasteiger partial charge in [-0.1, -0.05) is 49.6 Å². The van der Waals surface area contributed by atoms with Crippen molar-refractivity contribution >= 4 is 11.8 Å². The van der Waals surface area contributed by atoms with Crippen LogP contribution in [0.1, 0.15) is 56.2 Å². The van der Waals surface area contributed by atoms with Crippen LogP contribution in [0.15, 0.2) is 42.6 Å². The van der Waals surface area contributed by atoms with Crippen molar-refractivity contribution in [3.63, 3.8) is 0 Å². The van der Waals surface area contributed by atoms with Gasteiger partial charge in [0.25, 0.3) is 0 Å². The zero-order valence-electron chi connectivity index (χ0n) is 15.3. The average Bonchev–Trinajstić information content (AvgIpc) is 3.15. The van der Waals surface area contributed by atoms with Crippen molar-refractivity contribution in [3.05, 3.63) is 48.2 Å². The predicted molar refractivity (Wildman–Crippen MR) is 102 cm³/mol. The molecular weight excluding hydrogens is 328 g/mol. The van der Waals surface area contributed by atoms with Crippen molar-refractivity contribution < 1.29 is 9.90 Å². The number of aliphatic hydroxyl groups is 1. The topological polar surface area (TPSA) is 70.4 Å². The zero-order chi connectivity index (χ0) is 18.4. The van der Waals surface area contributed by atoms with Crippen LogP contribution in [-0.2, 0) is 0 Å². The molecule has 6 heteroatoms. The predicted octanol–water partition coefficient (Wildman–Crippen LogP) is 3.98. The van der Waals surface area contributed by atoms with E-state index in [1.54, 1.807) is 18.1 Å². The van der Waals surface area contributed by atoms with E-state index in [0.717, 1.165) is 24.2 Å². The molecule has 0 unspecified atom stereocenters. The van der Waals surface area contributed by atoms with E-state index in [0.29, 0.717) is 19.0 Å². The molecule has 1 fully saturated rings. The van der Waals surface area contributed by atoms with E-state index in [-0.39, 0.29) is 6.03 Å². The highest BCUT2D eigenvalue weighted by Gasteiger charge is 2.20. The van der Waals surface area contributed by atoms with Gasteiger partial charge in [0.05, 0.1) is 18.3 Å². The van der Waals surface area contributed by atoms with Gasteiger partial charge in [0.2, 0.25) is 0 Å². The number of benzene rings is 1. The first-order chi connectivity index (χ1) is 12.6. The van der Waals surface area contributed by atoms with Crippen molar-refractivity contribution in [2.75, 3.05) is 18.9 Å². The summed E-state index contributed by atoms with van der Waals surface area (Å²) < 4.78 is 1.95. The van der Waals surface area contributed by atoms with Crippen LogP contribution in [0.25, 0.3) is 0 Å². The van der Waals surface area contributed by atoms with Crippen molar-refractivity contribution in [3.8, 4) is 0 Å². The second-order valence-corrected chi connectivity index (χ2v) is 7.02. The minimum Gasteiger partial charge on any atom is -0.388 e. The molecule has 0 radical (unpaired) electrons. The van der Waals surface area contributed by atoms with Gasteiger partial charge in [-0.15, -0.1) is 0 Å². The van der Waals surface area contributed by atoms with Gasteiger partial charge in [0.15, 0.2) is 0 Å². The second-order valence-electron chi connectivity index (χ2n) is 7.02. The van der Waals surface area contributed by atoms with E-state index >= 15 is 0 Å². The molecule has 0 saturated heterocycles. The number of urea groups is 1. The van der Waals surface area contributed by atoms with Gasteiger partial charge >= 0.3 is 6.03 Å². The van der Waals surface area contributed by atoms with Gasteiger partial charge in [-0.2, -0.15) is 5.10 Å². The third-order valence-electron chi connectivity index (χ3n) is 5.09. The maximum atomic E-state index is 12.5. The van der Waals surface area contributed by atoms with Crippen molar-refractivity contribution in [1.82, 2.24) is 14.7 Å². The Hall–Kier alpha value is -2.34. The van der Waals surface area contributed by atoms with Gasteiger partial charge in [-0.3, -0.25) is 5.32 Å². The summed E-state index contributed by atoms with van der Waals surface area (Å²) >= 11 is 0. The molecule has 1 atom stereocenters. The molecule has 0 bridgehead atoms. The lowest BCUT2D eigenvalue weighted by Gasteiger charge is -2.25. The fourth-order valence-electron chi connectivity index (χ4n) is 3.49. The molecule has 2 N–H and O–H groups in total. The largest absolute Gasteiger partial charge is 0.388 e. The van der Waals surface area contributed by atoms with Crippen molar-refractivity contribution in [2.24, 2.45) is 0 Å².